The Morgan fingerprint density at radius 1 is 1.12 bits per heavy atom. The molecule has 3 N–H and O–H groups in total. The molecule has 4 rings (SSSR count). The Bertz CT molecular complexity index is 982. The molecule has 0 bridgehead atoms. The average Bonchev–Trinajstić information content (AvgIpc) is 3.21. The third-order valence-corrected chi connectivity index (χ3v) is 6.01. The standard InChI is InChI=1S/C24H31N3O.CH2O2.CH2O/c1-25-16-8-13-20-22(28)15-14-21-24(20)26-23(17-18-9-4-2-5-10-18)27(21)19-11-6-3-7-12-19;2-1-3;1-2/h2,4-5,9-10,14-15,19,25,28H,3,6-8,11-13,16-17H2,1H3;1H,(H,2,3);1H2. The molecule has 0 radical (unpaired) electrons. The number of nitrogens with zero attached hydrogens (tertiary/aromatic N) is 2. The Balaban J connectivity index is 0.000000714. The van der Waals surface area contributed by atoms with Gasteiger partial charge in [-0.15, -0.1) is 0 Å². The van der Waals surface area contributed by atoms with Gasteiger partial charge in [0, 0.05) is 18.0 Å². The molecule has 33 heavy (non-hydrogen) atoms. The van der Waals surface area contributed by atoms with E-state index in [9.17, 15) is 5.11 Å². The molecule has 1 aromatic heterocycles. The molecule has 0 amide bonds. The van der Waals surface area contributed by atoms with Gasteiger partial charge in [-0.05, 0) is 57.0 Å². The maximum absolute atomic E-state index is 10.5. The molecular formula is C26H35N3O4. The SMILES string of the molecule is C=O.CNCCCc1c(O)ccc2c1nc(Cc1ccccc1)n2C1CCCCC1.O=CO. The number of hydrogen-bond acceptors (Lipinski definition) is 5. The van der Waals surface area contributed by atoms with Crippen molar-refractivity contribution in [1.82, 2.24) is 14.9 Å². The summed E-state index contributed by atoms with van der Waals surface area (Å²) in [5.74, 6) is 1.51. The topological polar surface area (TPSA) is 104 Å². The number of hydrogen-bond donors (Lipinski definition) is 3. The summed E-state index contributed by atoms with van der Waals surface area (Å²) < 4.78 is 2.49. The second-order valence-corrected chi connectivity index (χ2v) is 8.10. The number of fused-ring (bicyclic) bond motifs is 1. The lowest BCUT2D eigenvalue weighted by Crippen LogP contribution is -2.15. The molecular weight excluding hydrogens is 418 g/mol. The third kappa shape index (κ3) is 6.89. The first-order valence-electron chi connectivity index (χ1n) is 11.5. The van der Waals surface area contributed by atoms with E-state index < -0.39 is 0 Å². The zero-order valence-corrected chi connectivity index (χ0v) is 19.4. The summed E-state index contributed by atoms with van der Waals surface area (Å²) in [4.78, 5) is 21.5. The van der Waals surface area contributed by atoms with Crippen molar-refractivity contribution in [3.05, 3.63) is 59.4 Å². The normalized spacial score (nSPS) is 13.5. The number of carboxylic acid groups (broad SMARTS) is 1. The summed E-state index contributed by atoms with van der Waals surface area (Å²) in [7, 11) is 1.97. The van der Waals surface area contributed by atoms with Crippen LogP contribution in [0.15, 0.2) is 42.5 Å². The van der Waals surface area contributed by atoms with Gasteiger partial charge in [0.1, 0.15) is 18.4 Å². The molecule has 7 nitrogen and oxygen atoms in total. The van der Waals surface area contributed by atoms with E-state index in [4.69, 9.17) is 19.7 Å². The highest BCUT2D eigenvalue weighted by Crippen LogP contribution is 2.36. The highest BCUT2D eigenvalue weighted by Gasteiger charge is 2.23. The number of rotatable bonds is 7. The van der Waals surface area contributed by atoms with Crippen molar-refractivity contribution in [3.8, 4) is 5.75 Å². The highest BCUT2D eigenvalue weighted by atomic mass is 16.3. The number of nitrogens with one attached hydrogen (secondary N) is 1. The summed E-state index contributed by atoms with van der Waals surface area (Å²) in [6, 6.07) is 15.1. The van der Waals surface area contributed by atoms with Gasteiger partial charge in [-0.25, -0.2) is 4.98 Å². The largest absolute Gasteiger partial charge is 0.508 e. The molecule has 0 unspecified atom stereocenters. The maximum atomic E-state index is 10.5. The number of aryl methyl sites for hydroxylation is 1. The van der Waals surface area contributed by atoms with Gasteiger partial charge in [-0.1, -0.05) is 49.6 Å². The quantitative estimate of drug-likeness (QED) is 0.359. The van der Waals surface area contributed by atoms with Crippen molar-refractivity contribution in [3.63, 3.8) is 0 Å². The molecule has 0 saturated heterocycles. The van der Waals surface area contributed by atoms with Crippen LogP contribution in [0.3, 0.4) is 0 Å². The van der Waals surface area contributed by atoms with Gasteiger partial charge < -0.3 is 24.9 Å². The van der Waals surface area contributed by atoms with Crippen LogP contribution >= 0.6 is 0 Å². The van der Waals surface area contributed by atoms with Crippen molar-refractivity contribution in [2.75, 3.05) is 13.6 Å². The Morgan fingerprint density at radius 2 is 1.79 bits per heavy atom. The summed E-state index contributed by atoms with van der Waals surface area (Å²) in [6.07, 6.45) is 9.05. The van der Waals surface area contributed by atoms with E-state index in [0.29, 0.717) is 11.8 Å². The number of aromatic hydroxyl groups is 1. The van der Waals surface area contributed by atoms with Crippen molar-refractivity contribution >= 4 is 24.3 Å². The molecule has 1 saturated carbocycles. The van der Waals surface area contributed by atoms with E-state index in [1.165, 1.54) is 43.2 Å². The second-order valence-electron chi connectivity index (χ2n) is 8.10. The summed E-state index contributed by atoms with van der Waals surface area (Å²) in [5.41, 5.74) is 4.47. The summed E-state index contributed by atoms with van der Waals surface area (Å²) >= 11 is 0. The minimum Gasteiger partial charge on any atom is -0.508 e. The number of phenols is 1. The van der Waals surface area contributed by atoms with E-state index in [1.54, 1.807) is 0 Å². The number of benzene rings is 2. The Morgan fingerprint density at radius 3 is 2.42 bits per heavy atom. The van der Waals surface area contributed by atoms with Crippen LogP contribution in [0.2, 0.25) is 0 Å². The smallest absolute Gasteiger partial charge is 0.290 e. The van der Waals surface area contributed by atoms with Gasteiger partial charge in [-0.2, -0.15) is 0 Å². The van der Waals surface area contributed by atoms with Crippen LogP contribution in [-0.2, 0) is 22.4 Å². The van der Waals surface area contributed by atoms with Crippen molar-refractivity contribution < 1.29 is 19.8 Å². The Kier molecular flexibility index (Phi) is 11.1. The van der Waals surface area contributed by atoms with Crippen LogP contribution in [0, 0.1) is 0 Å². The van der Waals surface area contributed by atoms with Gasteiger partial charge in [-0.3, -0.25) is 4.79 Å². The zero-order valence-electron chi connectivity index (χ0n) is 19.4. The minimum absolute atomic E-state index is 0.250. The molecule has 1 heterocycles. The van der Waals surface area contributed by atoms with E-state index in [-0.39, 0.29) is 6.47 Å². The average molecular weight is 454 g/mol. The molecule has 1 fully saturated rings. The van der Waals surface area contributed by atoms with Gasteiger partial charge >= 0.3 is 0 Å². The second kappa shape index (κ2) is 14.1. The van der Waals surface area contributed by atoms with Crippen LogP contribution in [0.4, 0.5) is 0 Å². The van der Waals surface area contributed by atoms with E-state index in [2.05, 4.69) is 46.3 Å². The van der Waals surface area contributed by atoms with Crippen LogP contribution in [0.25, 0.3) is 11.0 Å². The summed E-state index contributed by atoms with van der Waals surface area (Å²) in [5, 5.41) is 20.6. The highest BCUT2D eigenvalue weighted by molar-refractivity contribution is 5.82. The third-order valence-electron chi connectivity index (χ3n) is 6.01. The van der Waals surface area contributed by atoms with Crippen LogP contribution in [0.5, 0.6) is 5.75 Å². The molecule has 0 spiro atoms. The molecule has 1 aliphatic carbocycles. The van der Waals surface area contributed by atoms with Crippen LogP contribution in [0.1, 0.15) is 61.5 Å². The fraction of sp³-hybridized carbons (Fsp3) is 0.423. The first-order valence-corrected chi connectivity index (χ1v) is 11.5. The molecule has 7 heteroatoms. The molecule has 1 aliphatic rings. The fourth-order valence-electron chi connectivity index (χ4n) is 4.59. The maximum Gasteiger partial charge on any atom is 0.290 e. The first kappa shape index (κ1) is 26.1. The fourth-order valence-corrected chi connectivity index (χ4v) is 4.59. The molecule has 178 valence electrons. The predicted molar refractivity (Wildman–Crippen MR) is 131 cm³/mol. The summed E-state index contributed by atoms with van der Waals surface area (Å²) in [6.45, 7) is 2.69. The van der Waals surface area contributed by atoms with Crippen molar-refractivity contribution in [1.29, 1.82) is 0 Å². The molecule has 3 aromatic rings. The molecule has 0 aliphatic heterocycles. The van der Waals surface area contributed by atoms with Gasteiger partial charge in [0.15, 0.2) is 0 Å². The van der Waals surface area contributed by atoms with E-state index in [1.807, 2.05) is 19.9 Å². The lowest BCUT2D eigenvalue weighted by Gasteiger charge is -2.25. The lowest BCUT2D eigenvalue weighted by atomic mass is 9.94. The van der Waals surface area contributed by atoms with E-state index in [0.717, 1.165) is 42.7 Å². The number of imidazole rings is 1. The van der Waals surface area contributed by atoms with Gasteiger partial charge in [0.2, 0.25) is 0 Å². The van der Waals surface area contributed by atoms with Crippen LogP contribution in [-0.4, -0.2) is 46.6 Å². The molecule has 2 aromatic carbocycles. The number of aromatic nitrogens is 2. The van der Waals surface area contributed by atoms with Crippen molar-refractivity contribution in [2.24, 2.45) is 0 Å². The van der Waals surface area contributed by atoms with Crippen molar-refractivity contribution in [2.45, 2.75) is 57.4 Å². The van der Waals surface area contributed by atoms with Gasteiger partial charge in [0.05, 0.1) is 11.0 Å². The van der Waals surface area contributed by atoms with Crippen LogP contribution < -0.4 is 5.32 Å². The number of carbonyl (C=O) groups excluding carboxylic acids is 1. The number of carbonyl (C=O) groups is 2. The van der Waals surface area contributed by atoms with Gasteiger partial charge in [0.25, 0.3) is 6.47 Å². The Labute approximate surface area is 195 Å². The van der Waals surface area contributed by atoms with E-state index >= 15 is 0 Å². The first-order chi connectivity index (χ1) is 16.2. The lowest BCUT2D eigenvalue weighted by molar-refractivity contribution is -0.122. The Hall–Kier alpha value is -3.19. The zero-order chi connectivity index (χ0) is 24.1. The monoisotopic (exact) mass is 453 g/mol. The minimum atomic E-state index is -0.250. The molecule has 0 atom stereocenters. The number of phenolic OH excluding ortho intramolecular Hbond substituents is 1. The predicted octanol–water partition coefficient (Wildman–Crippen LogP) is 4.51.